The number of likely N-dealkylation sites (tertiary alicyclic amines) is 1. The normalized spacial score (nSPS) is 36.7. The molecule has 2 aliphatic heterocycles. The molecule has 2 rings (SSSR count). The van der Waals surface area contributed by atoms with Gasteiger partial charge in [-0.25, -0.2) is 0 Å². The first-order valence-corrected chi connectivity index (χ1v) is 3.91. The van der Waals surface area contributed by atoms with E-state index >= 15 is 0 Å². The zero-order chi connectivity index (χ0) is 6.10. The summed E-state index contributed by atoms with van der Waals surface area (Å²) in [5.74, 6) is 0. The summed E-state index contributed by atoms with van der Waals surface area (Å²) in [6.45, 7) is 5.18. The number of hydrogen-bond donors (Lipinski definition) is 1. The van der Waals surface area contributed by atoms with Gasteiger partial charge in [-0.15, -0.1) is 0 Å². The van der Waals surface area contributed by atoms with Crippen LogP contribution < -0.4 is 5.32 Å². The Bertz CT molecular complexity index is 93.1. The molecule has 2 aliphatic rings. The Balaban J connectivity index is 1.82. The fraction of sp³-hybridized carbons (Fsp3) is 1.00. The predicted molar refractivity (Wildman–Crippen MR) is 37.5 cm³/mol. The molecule has 0 amide bonds. The minimum absolute atomic E-state index is 0.888. The summed E-state index contributed by atoms with van der Waals surface area (Å²) < 4.78 is 0. The Hall–Kier alpha value is -0.0800. The summed E-state index contributed by atoms with van der Waals surface area (Å²) >= 11 is 0. The van der Waals surface area contributed by atoms with Crippen molar-refractivity contribution in [3.05, 3.63) is 0 Å². The third-order valence-corrected chi connectivity index (χ3v) is 2.44. The Morgan fingerprint density at radius 1 is 1.33 bits per heavy atom. The van der Waals surface area contributed by atoms with Crippen molar-refractivity contribution in [2.75, 3.05) is 26.2 Å². The zero-order valence-electron chi connectivity index (χ0n) is 5.77. The molecule has 1 atom stereocenters. The van der Waals surface area contributed by atoms with E-state index in [2.05, 4.69) is 10.2 Å². The lowest BCUT2D eigenvalue weighted by Crippen LogP contribution is -2.45. The van der Waals surface area contributed by atoms with Crippen molar-refractivity contribution in [1.29, 1.82) is 0 Å². The minimum atomic E-state index is 0.888. The molecule has 0 aliphatic carbocycles. The number of nitrogens with one attached hydrogen (secondary N) is 1. The largest absolute Gasteiger partial charge is 0.315 e. The molecule has 9 heavy (non-hydrogen) atoms. The maximum atomic E-state index is 3.38. The summed E-state index contributed by atoms with van der Waals surface area (Å²) in [4.78, 5) is 2.58. The van der Waals surface area contributed by atoms with Crippen molar-refractivity contribution in [3.63, 3.8) is 0 Å². The minimum Gasteiger partial charge on any atom is -0.315 e. The highest BCUT2D eigenvalue weighted by atomic mass is 15.2. The van der Waals surface area contributed by atoms with E-state index in [-0.39, 0.29) is 0 Å². The molecule has 2 saturated heterocycles. The van der Waals surface area contributed by atoms with E-state index in [0.717, 1.165) is 6.04 Å². The molecule has 0 saturated carbocycles. The molecule has 0 aromatic carbocycles. The second kappa shape index (κ2) is 2.27. The van der Waals surface area contributed by atoms with Crippen LogP contribution in [-0.4, -0.2) is 37.1 Å². The lowest BCUT2D eigenvalue weighted by Gasteiger charge is -2.35. The highest BCUT2D eigenvalue weighted by Gasteiger charge is 2.25. The first kappa shape index (κ1) is 5.69. The summed E-state index contributed by atoms with van der Waals surface area (Å²) in [5.41, 5.74) is 0. The summed E-state index contributed by atoms with van der Waals surface area (Å²) in [5, 5.41) is 3.38. The number of rotatable bonds is 1. The van der Waals surface area contributed by atoms with Gasteiger partial charge >= 0.3 is 0 Å². The van der Waals surface area contributed by atoms with Gasteiger partial charge in [0.15, 0.2) is 0 Å². The van der Waals surface area contributed by atoms with Gasteiger partial charge in [0, 0.05) is 12.6 Å². The van der Waals surface area contributed by atoms with Crippen molar-refractivity contribution in [3.8, 4) is 0 Å². The van der Waals surface area contributed by atoms with E-state index in [0.29, 0.717) is 0 Å². The van der Waals surface area contributed by atoms with Gasteiger partial charge in [-0.1, -0.05) is 0 Å². The predicted octanol–water partition coefficient (Wildman–Crippen LogP) is 0.0540. The van der Waals surface area contributed by atoms with Crippen LogP contribution in [0.2, 0.25) is 0 Å². The summed E-state index contributed by atoms with van der Waals surface area (Å²) in [6, 6.07) is 0.888. The van der Waals surface area contributed by atoms with Crippen LogP contribution in [0.3, 0.4) is 0 Å². The van der Waals surface area contributed by atoms with Crippen molar-refractivity contribution >= 4 is 0 Å². The molecule has 2 heterocycles. The molecule has 2 fully saturated rings. The second-order valence-corrected chi connectivity index (χ2v) is 3.04. The van der Waals surface area contributed by atoms with E-state index in [1.165, 1.54) is 39.0 Å². The first-order valence-electron chi connectivity index (χ1n) is 3.91. The molecular weight excluding hydrogens is 112 g/mol. The van der Waals surface area contributed by atoms with Crippen LogP contribution in [0.25, 0.3) is 0 Å². The fourth-order valence-corrected chi connectivity index (χ4v) is 1.66. The third kappa shape index (κ3) is 0.970. The molecule has 52 valence electrons. The maximum absolute atomic E-state index is 3.38. The molecule has 0 bridgehead atoms. The molecule has 0 aromatic heterocycles. The van der Waals surface area contributed by atoms with Gasteiger partial charge in [0.2, 0.25) is 0 Å². The molecule has 0 aromatic rings. The average molecular weight is 126 g/mol. The summed E-state index contributed by atoms with van der Waals surface area (Å²) in [7, 11) is 0. The Morgan fingerprint density at radius 3 is 2.67 bits per heavy atom. The zero-order valence-corrected chi connectivity index (χ0v) is 5.77. The molecule has 2 heteroatoms. The van der Waals surface area contributed by atoms with Crippen LogP contribution in [0.15, 0.2) is 0 Å². The van der Waals surface area contributed by atoms with Gasteiger partial charge in [0.05, 0.1) is 0 Å². The summed E-state index contributed by atoms with van der Waals surface area (Å²) in [6.07, 6.45) is 2.80. The quantitative estimate of drug-likeness (QED) is 0.534. The molecule has 0 radical (unpaired) electrons. The van der Waals surface area contributed by atoms with Gasteiger partial charge in [-0.2, -0.15) is 0 Å². The monoisotopic (exact) mass is 126 g/mol. The lowest BCUT2D eigenvalue weighted by molar-refractivity contribution is 0.128. The Labute approximate surface area is 56.2 Å². The van der Waals surface area contributed by atoms with E-state index in [9.17, 15) is 0 Å². The van der Waals surface area contributed by atoms with Crippen LogP contribution in [0.1, 0.15) is 12.8 Å². The van der Waals surface area contributed by atoms with Gasteiger partial charge in [-0.05, 0) is 32.5 Å². The van der Waals surface area contributed by atoms with Gasteiger partial charge in [0.25, 0.3) is 0 Å². The van der Waals surface area contributed by atoms with E-state index in [1.807, 2.05) is 0 Å². The first-order chi connectivity index (χ1) is 4.47. The van der Waals surface area contributed by atoms with E-state index < -0.39 is 0 Å². The maximum Gasteiger partial charge on any atom is 0.0232 e. The van der Waals surface area contributed by atoms with E-state index in [1.54, 1.807) is 0 Å². The topological polar surface area (TPSA) is 15.3 Å². The van der Waals surface area contributed by atoms with Crippen molar-refractivity contribution in [2.45, 2.75) is 18.9 Å². The second-order valence-electron chi connectivity index (χ2n) is 3.04. The van der Waals surface area contributed by atoms with Crippen molar-refractivity contribution < 1.29 is 0 Å². The Morgan fingerprint density at radius 2 is 2.22 bits per heavy atom. The van der Waals surface area contributed by atoms with Gasteiger partial charge in [-0.3, -0.25) is 4.90 Å². The van der Waals surface area contributed by atoms with Crippen LogP contribution in [0.4, 0.5) is 0 Å². The third-order valence-electron chi connectivity index (χ3n) is 2.44. The average Bonchev–Trinajstić information content (AvgIpc) is 2.11. The fourth-order valence-electron chi connectivity index (χ4n) is 1.66. The lowest BCUT2D eigenvalue weighted by atomic mass is 10.1. The standard InChI is InChI=1S/C7H14N2/c1-4-9(5-1)7-2-3-8-6-7/h7-8H,1-6H2/t7-/m0/s1. The van der Waals surface area contributed by atoms with Crippen LogP contribution in [0, 0.1) is 0 Å². The molecule has 2 nitrogen and oxygen atoms in total. The molecule has 0 spiro atoms. The smallest absolute Gasteiger partial charge is 0.0232 e. The number of nitrogens with zero attached hydrogens (tertiary/aromatic N) is 1. The molecular formula is C7H14N2. The van der Waals surface area contributed by atoms with Gasteiger partial charge in [0.1, 0.15) is 0 Å². The van der Waals surface area contributed by atoms with Gasteiger partial charge < -0.3 is 5.32 Å². The van der Waals surface area contributed by atoms with Crippen LogP contribution in [-0.2, 0) is 0 Å². The highest BCUT2D eigenvalue weighted by molar-refractivity contribution is 4.84. The van der Waals surface area contributed by atoms with Crippen LogP contribution in [0.5, 0.6) is 0 Å². The van der Waals surface area contributed by atoms with E-state index in [4.69, 9.17) is 0 Å². The van der Waals surface area contributed by atoms with Crippen molar-refractivity contribution in [2.24, 2.45) is 0 Å². The Kier molecular flexibility index (Phi) is 1.44. The molecule has 0 unspecified atom stereocenters. The number of hydrogen-bond acceptors (Lipinski definition) is 2. The SMILES string of the molecule is C1CN([C@H]2CCNC2)C1. The highest BCUT2D eigenvalue weighted by Crippen LogP contribution is 2.15. The van der Waals surface area contributed by atoms with Crippen molar-refractivity contribution in [1.82, 2.24) is 10.2 Å². The van der Waals surface area contributed by atoms with Crippen LogP contribution >= 0.6 is 0 Å². The molecule has 1 N–H and O–H groups in total.